The number of rotatable bonds is 8. The van der Waals surface area contributed by atoms with Crippen LogP contribution in [0.2, 0.25) is 0 Å². The monoisotopic (exact) mass is 567 g/mol. The molecule has 0 radical (unpaired) electrons. The van der Waals surface area contributed by atoms with E-state index in [2.05, 4.69) is 40.5 Å². The van der Waals surface area contributed by atoms with Gasteiger partial charge in [0.2, 0.25) is 15.9 Å². The topological polar surface area (TPSA) is 89.9 Å². The minimum Gasteiger partial charge on any atom is -0.384 e. The molecule has 2 fully saturated rings. The number of benzene rings is 2. The van der Waals surface area contributed by atoms with Gasteiger partial charge < -0.3 is 18.9 Å². The molecule has 5 rings (SSSR count). The Kier molecular flexibility index (Phi) is 8.66. The second-order valence-electron chi connectivity index (χ2n) is 11.3. The fourth-order valence-electron chi connectivity index (χ4n) is 6.27. The van der Waals surface area contributed by atoms with Crippen LogP contribution >= 0.6 is 0 Å². The van der Waals surface area contributed by atoms with Gasteiger partial charge in [-0.2, -0.15) is 0 Å². The van der Waals surface area contributed by atoms with Gasteiger partial charge in [-0.25, -0.2) is 13.1 Å². The molecule has 1 aliphatic heterocycles. The Hall–Kier alpha value is -2.72. The first kappa shape index (κ1) is 28.8. The highest BCUT2D eigenvalue weighted by atomic mass is 32.2. The van der Waals surface area contributed by atoms with Crippen LogP contribution < -0.4 is 4.72 Å². The molecule has 1 atom stereocenters. The zero-order chi connectivity index (χ0) is 28.4. The standard InChI is InChI=1S/C31H41N3O5S/c1-21-20-39-18-16-34(21)31(35)25-9-11-26(12-10-25)32-40(36,37)27-13-14-28-22(2)30(33(3)29(28)19-27)24-7-5-23(6-8-24)15-17-38-4/h5-8,13-14,19,21,25-26,32H,9-12,15-18,20H2,1-4H3. The van der Waals surface area contributed by atoms with Gasteiger partial charge in [0.1, 0.15) is 0 Å². The molecule has 2 aromatic carbocycles. The van der Waals surface area contributed by atoms with Crippen molar-refractivity contribution in [2.75, 3.05) is 33.5 Å². The first-order valence-corrected chi connectivity index (χ1v) is 15.8. The van der Waals surface area contributed by atoms with Crippen LogP contribution in [0.5, 0.6) is 0 Å². The molecule has 3 aromatic rings. The smallest absolute Gasteiger partial charge is 0.240 e. The maximum Gasteiger partial charge on any atom is 0.240 e. The molecule has 0 spiro atoms. The van der Waals surface area contributed by atoms with E-state index in [9.17, 15) is 13.2 Å². The summed E-state index contributed by atoms with van der Waals surface area (Å²) in [6.07, 6.45) is 3.57. The lowest BCUT2D eigenvalue weighted by Crippen LogP contribution is -2.50. The number of morpholine rings is 1. The molecule has 1 unspecified atom stereocenters. The van der Waals surface area contributed by atoms with Gasteiger partial charge in [-0.1, -0.05) is 30.3 Å². The molecule has 40 heavy (non-hydrogen) atoms. The van der Waals surface area contributed by atoms with Gasteiger partial charge in [0.25, 0.3) is 0 Å². The fraction of sp³-hybridized carbons (Fsp3) is 0.516. The maximum absolute atomic E-state index is 13.4. The van der Waals surface area contributed by atoms with Gasteiger partial charge in [-0.15, -0.1) is 0 Å². The number of hydrogen-bond donors (Lipinski definition) is 1. The average Bonchev–Trinajstić information content (AvgIpc) is 3.21. The number of carbonyl (C=O) groups is 1. The van der Waals surface area contributed by atoms with Crippen LogP contribution in [0.1, 0.15) is 43.7 Å². The molecule has 1 N–H and O–H groups in total. The summed E-state index contributed by atoms with van der Waals surface area (Å²) in [4.78, 5) is 15.2. The minimum absolute atomic E-state index is 0.0449. The molecule has 1 saturated heterocycles. The molecule has 9 heteroatoms. The Bertz CT molecular complexity index is 1460. The Morgan fingerprint density at radius 3 is 2.50 bits per heavy atom. The summed E-state index contributed by atoms with van der Waals surface area (Å²) < 4.78 is 42.5. The van der Waals surface area contributed by atoms with Crippen LogP contribution in [0.4, 0.5) is 0 Å². The molecule has 0 bridgehead atoms. The predicted octanol–water partition coefficient (Wildman–Crippen LogP) is 4.43. The highest BCUT2D eigenvalue weighted by Crippen LogP contribution is 2.34. The molecule has 2 aliphatic rings. The van der Waals surface area contributed by atoms with Crippen LogP contribution in [0.25, 0.3) is 22.2 Å². The SMILES string of the molecule is COCCc1ccc(-c2c(C)c3ccc(S(=O)(=O)NC4CCC(C(=O)N5CCOCC5C)CC4)cc3n2C)cc1. The quantitative estimate of drug-likeness (QED) is 0.435. The van der Waals surface area contributed by atoms with Gasteiger partial charge in [0, 0.05) is 43.6 Å². The number of ether oxygens (including phenoxy) is 2. The minimum atomic E-state index is -3.70. The predicted molar refractivity (Wildman–Crippen MR) is 157 cm³/mol. The zero-order valence-electron chi connectivity index (χ0n) is 24.0. The van der Waals surface area contributed by atoms with Gasteiger partial charge >= 0.3 is 0 Å². The first-order valence-electron chi connectivity index (χ1n) is 14.3. The van der Waals surface area contributed by atoms with Crippen LogP contribution in [0.3, 0.4) is 0 Å². The summed E-state index contributed by atoms with van der Waals surface area (Å²) in [5.41, 5.74) is 5.39. The van der Waals surface area contributed by atoms with Crippen molar-refractivity contribution in [3.63, 3.8) is 0 Å². The van der Waals surface area contributed by atoms with Gasteiger partial charge in [-0.05, 0) is 74.8 Å². The van der Waals surface area contributed by atoms with Gasteiger partial charge in [0.05, 0.1) is 36.5 Å². The molecule has 8 nitrogen and oxygen atoms in total. The highest BCUT2D eigenvalue weighted by Gasteiger charge is 2.34. The van der Waals surface area contributed by atoms with E-state index in [1.165, 1.54) is 5.56 Å². The summed E-state index contributed by atoms with van der Waals surface area (Å²) in [5, 5.41) is 1.04. The second-order valence-corrected chi connectivity index (χ2v) is 13.0. The number of amides is 1. The van der Waals surface area contributed by atoms with Crippen molar-refractivity contribution in [1.82, 2.24) is 14.2 Å². The highest BCUT2D eigenvalue weighted by molar-refractivity contribution is 7.89. The Morgan fingerprint density at radius 2 is 1.82 bits per heavy atom. The molecular formula is C31H41N3O5S. The summed E-state index contributed by atoms with van der Waals surface area (Å²) in [6, 6.07) is 13.8. The van der Waals surface area contributed by atoms with Crippen molar-refractivity contribution in [2.45, 2.75) is 62.9 Å². The van der Waals surface area contributed by atoms with E-state index in [0.717, 1.165) is 34.1 Å². The molecule has 216 valence electrons. The second kappa shape index (κ2) is 12.0. The molecular weight excluding hydrogens is 526 g/mol. The van der Waals surface area contributed by atoms with Crippen molar-refractivity contribution < 1.29 is 22.7 Å². The van der Waals surface area contributed by atoms with Gasteiger partial charge in [-0.3, -0.25) is 4.79 Å². The summed E-state index contributed by atoms with van der Waals surface area (Å²) in [7, 11) is -0.0115. The molecule has 1 aliphatic carbocycles. The lowest BCUT2D eigenvalue weighted by atomic mass is 9.85. The molecule has 1 amide bonds. The normalized spacial score (nSPS) is 22.1. The van der Waals surface area contributed by atoms with E-state index in [0.29, 0.717) is 52.0 Å². The zero-order valence-corrected chi connectivity index (χ0v) is 24.8. The number of sulfonamides is 1. The Morgan fingerprint density at radius 1 is 1.10 bits per heavy atom. The fourth-order valence-corrected chi connectivity index (χ4v) is 7.59. The molecule has 2 heterocycles. The Labute approximate surface area is 237 Å². The molecule has 1 saturated carbocycles. The van der Waals surface area contributed by atoms with E-state index >= 15 is 0 Å². The lowest BCUT2D eigenvalue weighted by molar-refractivity contribution is -0.144. The van der Waals surface area contributed by atoms with Crippen molar-refractivity contribution in [3.8, 4) is 11.3 Å². The van der Waals surface area contributed by atoms with Crippen molar-refractivity contribution in [2.24, 2.45) is 13.0 Å². The third-order valence-corrected chi connectivity index (χ3v) is 10.1. The molecule has 1 aromatic heterocycles. The largest absolute Gasteiger partial charge is 0.384 e. The number of aromatic nitrogens is 1. The summed E-state index contributed by atoms with van der Waals surface area (Å²) in [5.74, 6) is 0.138. The third-order valence-electron chi connectivity index (χ3n) is 8.61. The van der Waals surface area contributed by atoms with Crippen molar-refractivity contribution >= 4 is 26.8 Å². The van der Waals surface area contributed by atoms with E-state index in [4.69, 9.17) is 9.47 Å². The Balaban J connectivity index is 1.28. The number of nitrogens with one attached hydrogen (secondary N) is 1. The average molecular weight is 568 g/mol. The van der Waals surface area contributed by atoms with E-state index in [1.54, 1.807) is 19.2 Å². The number of nitrogens with zero attached hydrogens (tertiary/aromatic N) is 2. The third kappa shape index (κ3) is 5.84. The van der Waals surface area contributed by atoms with Crippen LogP contribution in [0.15, 0.2) is 47.4 Å². The van der Waals surface area contributed by atoms with Crippen LogP contribution in [0, 0.1) is 12.8 Å². The van der Waals surface area contributed by atoms with Crippen molar-refractivity contribution in [3.05, 3.63) is 53.6 Å². The lowest BCUT2D eigenvalue weighted by Gasteiger charge is -2.37. The van der Waals surface area contributed by atoms with E-state index in [-0.39, 0.29) is 28.8 Å². The number of fused-ring (bicyclic) bond motifs is 1. The number of methoxy groups -OCH3 is 1. The number of hydrogen-bond acceptors (Lipinski definition) is 5. The van der Waals surface area contributed by atoms with Crippen LogP contribution in [-0.2, 0) is 37.8 Å². The van der Waals surface area contributed by atoms with Crippen LogP contribution in [-0.4, -0.2) is 69.4 Å². The van der Waals surface area contributed by atoms with Gasteiger partial charge in [0.15, 0.2) is 0 Å². The maximum atomic E-state index is 13.4. The number of aryl methyl sites for hydroxylation is 2. The van der Waals surface area contributed by atoms with Crippen molar-refractivity contribution in [1.29, 1.82) is 0 Å². The summed E-state index contributed by atoms with van der Waals surface area (Å²) in [6.45, 7) is 6.58. The summed E-state index contributed by atoms with van der Waals surface area (Å²) >= 11 is 0. The first-order chi connectivity index (χ1) is 19.2. The van der Waals surface area contributed by atoms with E-state index in [1.807, 2.05) is 24.9 Å². The van der Waals surface area contributed by atoms with E-state index < -0.39 is 10.0 Å². The number of carbonyl (C=O) groups excluding carboxylic acids is 1.